The summed E-state index contributed by atoms with van der Waals surface area (Å²) >= 11 is 11.6. The van der Waals surface area contributed by atoms with Gasteiger partial charge in [-0.05, 0) is 18.2 Å². The number of hydrogen-bond donors (Lipinski definition) is 1. The molecule has 0 atom stereocenters. The number of sulfone groups is 1. The van der Waals surface area contributed by atoms with E-state index in [1.165, 1.54) is 12.1 Å². The number of halogens is 2. The summed E-state index contributed by atoms with van der Waals surface area (Å²) in [6, 6.07) is 4.69. The Morgan fingerprint density at radius 3 is 2.53 bits per heavy atom. The van der Waals surface area contributed by atoms with Crippen molar-refractivity contribution in [1.82, 2.24) is 5.32 Å². The smallest absolute Gasteiger partial charge is 0.181 e. The molecular weight excluding hydrogens is 281 g/mol. The Kier molecular flexibility index (Phi) is 5.25. The van der Waals surface area contributed by atoms with Gasteiger partial charge in [0.25, 0.3) is 0 Å². The Balaban J connectivity index is 2.86. The molecule has 6 heteroatoms. The Labute approximate surface area is 112 Å². The molecule has 3 nitrogen and oxygen atoms in total. The molecule has 0 saturated heterocycles. The highest BCUT2D eigenvalue weighted by Gasteiger charge is 2.18. The van der Waals surface area contributed by atoms with Crippen molar-refractivity contribution < 1.29 is 8.42 Å². The lowest BCUT2D eigenvalue weighted by molar-refractivity contribution is 0.578. The van der Waals surface area contributed by atoms with E-state index in [4.69, 9.17) is 23.2 Å². The molecule has 0 saturated carbocycles. The van der Waals surface area contributed by atoms with Crippen LogP contribution >= 0.6 is 23.2 Å². The first-order valence-electron chi connectivity index (χ1n) is 5.24. The molecule has 0 aromatic heterocycles. The normalized spacial score (nSPS) is 12.1. The molecule has 0 aliphatic carbocycles. The van der Waals surface area contributed by atoms with Crippen molar-refractivity contribution in [2.24, 2.45) is 0 Å². The van der Waals surface area contributed by atoms with Gasteiger partial charge in [0.1, 0.15) is 0 Å². The van der Waals surface area contributed by atoms with Crippen molar-refractivity contribution in [3.8, 4) is 0 Å². The van der Waals surface area contributed by atoms with Crippen molar-refractivity contribution in [2.75, 3.05) is 12.3 Å². The molecule has 0 bridgehead atoms. The van der Waals surface area contributed by atoms with Gasteiger partial charge in [-0.2, -0.15) is 0 Å². The van der Waals surface area contributed by atoms with E-state index >= 15 is 0 Å². The van der Waals surface area contributed by atoms with E-state index in [-0.39, 0.29) is 21.7 Å². The standard InChI is InChI=1S/C11H15Cl2NO2S/c1-8(2)14-5-6-17(15,16)11-7-9(12)3-4-10(11)13/h3-4,7-8,14H,5-6H2,1-2H3. The zero-order valence-electron chi connectivity index (χ0n) is 9.70. The summed E-state index contributed by atoms with van der Waals surface area (Å²) in [6.45, 7) is 4.31. The van der Waals surface area contributed by atoms with Crippen molar-refractivity contribution in [2.45, 2.75) is 24.8 Å². The molecular formula is C11H15Cl2NO2S. The van der Waals surface area contributed by atoms with Crippen molar-refractivity contribution in [3.05, 3.63) is 28.2 Å². The van der Waals surface area contributed by atoms with Crippen LogP contribution in [0.4, 0.5) is 0 Å². The third kappa shape index (κ3) is 4.47. The molecule has 0 heterocycles. The minimum atomic E-state index is -3.39. The van der Waals surface area contributed by atoms with Crippen LogP contribution in [0.1, 0.15) is 13.8 Å². The van der Waals surface area contributed by atoms with E-state index < -0.39 is 9.84 Å². The summed E-state index contributed by atoms with van der Waals surface area (Å²) in [5, 5.41) is 3.62. The lowest BCUT2D eigenvalue weighted by Gasteiger charge is -2.10. The number of benzene rings is 1. The summed E-state index contributed by atoms with van der Waals surface area (Å²) in [6.07, 6.45) is 0. The van der Waals surface area contributed by atoms with Crippen LogP contribution in [0.3, 0.4) is 0 Å². The second-order valence-corrected chi connectivity index (χ2v) is 6.92. The number of rotatable bonds is 5. The van der Waals surface area contributed by atoms with Crippen LogP contribution in [0.5, 0.6) is 0 Å². The highest BCUT2D eigenvalue weighted by atomic mass is 35.5. The first-order valence-corrected chi connectivity index (χ1v) is 7.65. The molecule has 0 fully saturated rings. The van der Waals surface area contributed by atoms with Gasteiger partial charge in [-0.25, -0.2) is 8.42 Å². The predicted octanol–water partition coefficient (Wildman–Crippen LogP) is 2.77. The molecule has 1 rings (SSSR count). The Morgan fingerprint density at radius 2 is 1.94 bits per heavy atom. The van der Waals surface area contributed by atoms with Gasteiger partial charge >= 0.3 is 0 Å². The van der Waals surface area contributed by atoms with E-state index in [0.29, 0.717) is 11.6 Å². The highest BCUT2D eigenvalue weighted by molar-refractivity contribution is 7.91. The van der Waals surface area contributed by atoms with Crippen LogP contribution in [-0.2, 0) is 9.84 Å². The van der Waals surface area contributed by atoms with Crippen molar-refractivity contribution in [1.29, 1.82) is 0 Å². The van der Waals surface area contributed by atoms with Gasteiger partial charge in [0, 0.05) is 17.6 Å². The van der Waals surface area contributed by atoms with Gasteiger partial charge in [0.2, 0.25) is 0 Å². The molecule has 0 radical (unpaired) electrons. The zero-order valence-corrected chi connectivity index (χ0v) is 12.0. The fourth-order valence-corrected chi connectivity index (χ4v) is 3.29. The summed E-state index contributed by atoms with van der Waals surface area (Å²) < 4.78 is 24.0. The molecule has 0 amide bonds. The molecule has 0 spiro atoms. The van der Waals surface area contributed by atoms with E-state index in [0.717, 1.165) is 0 Å². The quantitative estimate of drug-likeness (QED) is 0.909. The topological polar surface area (TPSA) is 46.2 Å². The minimum absolute atomic E-state index is 0.00520. The van der Waals surface area contributed by atoms with Crippen LogP contribution in [0.25, 0.3) is 0 Å². The second kappa shape index (κ2) is 6.05. The van der Waals surface area contributed by atoms with Gasteiger partial charge in [-0.3, -0.25) is 0 Å². The fraction of sp³-hybridized carbons (Fsp3) is 0.455. The summed E-state index contributed by atoms with van der Waals surface area (Å²) in [7, 11) is -3.39. The molecule has 0 aliphatic rings. The first-order chi connectivity index (χ1) is 7.83. The summed E-state index contributed by atoms with van der Waals surface area (Å²) in [4.78, 5) is 0.0947. The lowest BCUT2D eigenvalue weighted by atomic mass is 10.4. The number of hydrogen-bond acceptors (Lipinski definition) is 3. The Bertz CT molecular complexity index is 486. The van der Waals surface area contributed by atoms with Crippen LogP contribution in [0.15, 0.2) is 23.1 Å². The van der Waals surface area contributed by atoms with Gasteiger partial charge in [0.05, 0.1) is 15.7 Å². The Hall–Kier alpha value is -0.290. The fourth-order valence-electron chi connectivity index (χ4n) is 1.31. The van der Waals surface area contributed by atoms with E-state index in [1.807, 2.05) is 13.8 Å². The van der Waals surface area contributed by atoms with Crippen molar-refractivity contribution >= 4 is 33.0 Å². The van der Waals surface area contributed by atoms with Crippen molar-refractivity contribution in [3.63, 3.8) is 0 Å². The van der Waals surface area contributed by atoms with Gasteiger partial charge in [0.15, 0.2) is 9.84 Å². The molecule has 1 N–H and O–H groups in total. The molecule has 0 aliphatic heterocycles. The van der Waals surface area contributed by atoms with Crippen LogP contribution < -0.4 is 5.32 Å². The SMILES string of the molecule is CC(C)NCCS(=O)(=O)c1cc(Cl)ccc1Cl. The maximum atomic E-state index is 12.0. The van der Waals surface area contributed by atoms with Gasteiger partial charge in [-0.15, -0.1) is 0 Å². The van der Waals surface area contributed by atoms with E-state index in [9.17, 15) is 8.42 Å². The highest BCUT2D eigenvalue weighted by Crippen LogP contribution is 2.25. The maximum absolute atomic E-state index is 12.0. The monoisotopic (exact) mass is 295 g/mol. The Morgan fingerprint density at radius 1 is 1.29 bits per heavy atom. The third-order valence-electron chi connectivity index (χ3n) is 2.15. The van der Waals surface area contributed by atoms with E-state index in [2.05, 4.69) is 5.32 Å². The maximum Gasteiger partial charge on any atom is 0.181 e. The second-order valence-electron chi connectivity index (χ2n) is 4.00. The molecule has 1 aromatic rings. The third-order valence-corrected chi connectivity index (χ3v) is 4.58. The van der Waals surface area contributed by atoms with Crippen LogP contribution in [0.2, 0.25) is 10.0 Å². The zero-order chi connectivity index (χ0) is 13.1. The van der Waals surface area contributed by atoms with Crippen LogP contribution in [-0.4, -0.2) is 26.8 Å². The number of nitrogens with one attached hydrogen (secondary N) is 1. The summed E-state index contributed by atoms with van der Waals surface area (Å²) in [5.41, 5.74) is 0. The average molecular weight is 296 g/mol. The molecule has 1 aromatic carbocycles. The largest absolute Gasteiger partial charge is 0.314 e. The molecule has 96 valence electrons. The van der Waals surface area contributed by atoms with E-state index in [1.54, 1.807) is 6.07 Å². The average Bonchev–Trinajstić information content (AvgIpc) is 2.20. The van der Waals surface area contributed by atoms with Gasteiger partial charge < -0.3 is 5.32 Å². The molecule has 0 unspecified atom stereocenters. The predicted molar refractivity (Wildman–Crippen MR) is 71.7 cm³/mol. The minimum Gasteiger partial charge on any atom is -0.314 e. The first kappa shape index (κ1) is 14.8. The van der Waals surface area contributed by atoms with Crippen LogP contribution in [0, 0.1) is 0 Å². The van der Waals surface area contributed by atoms with Gasteiger partial charge in [-0.1, -0.05) is 37.0 Å². The molecule has 17 heavy (non-hydrogen) atoms. The summed E-state index contributed by atoms with van der Waals surface area (Å²) in [5.74, 6) is 0.00520. The lowest BCUT2D eigenvalue weighted by Crippen LogP contribution is -2.28.